The van der Waals surface area contributed by atoms with Gasteiger partial charge in [-0.3, -0.25) is 9.36 Å². The summed E-state index contributed by atoms with van der Waals surface area (Å²) in [7, 11) is 1.64. The Labute approximate surface area is 200 Å². The van der Waals surface area contributed by atoms with Crippen molar-refractivity contribution in [3.8, 4) is 11.4 Å². The van der Waals surface area contributed by atoms with E-state index in [0.717, 1.165) is 51.5 Å². The maximum Gasteiger partial charge on any atom is 0.267 e. The molecule has 1 aliphatic rings. The second-order valence-electron chi connectivity index (χ2n) is 8.14. The molecule has 0 spiro atoms. The van der Waals surface area contributed by atoms with Gasteiger partial charge in [-0.25, -0.2) is 4.98 Å². The quantitative estimate of drug-likeness (QED) is 0.240. The van der Waals surface area contributed by atoms with Crippen LogP contribution in [0.15, 0.2) is 58.5 Å². The summed E-state index contributed by atoms with van der Waals surface area (Å²) in [5, 5.41) is 2.19. The van der Waals surface area contributed by atoms with Crippen LogP contribution in [0.1, 0.15) is 29.3 Å². The molecule has 32 heavy (non-hydrogen) atoms. The highest BCUT2D eigenvalue weighted by molar-refractivity contribution is 7.98. The van der Waals surface area contributed by atoms with Gasteiger partial charge in [0.05, 0.1) is 18.2 Å². The van der Waals surface area contributed by atoms with Gasteiger partial charge in [0.15, 0.2) is 5.16 Å². The van der Waals surface area contributed by atoms with E-state index in [2.05, 4.69) is 6.92 Å². The van der Waals surface area contributed by atoms with Crippen LogP contribution >= 0.6 is 34.7 Å². The molecule has 2 heterocycles. The van der Waals surface area contributed by atoms with Crippen molar-refractivity contribution >= 4 is 44.9 Å². The fourth-order valence-corrected chi connectivity index (χ4v) is 6.91. The predicted octanol–water partition coefficient (Wildman–Crippen LogP) is 6.53. The Bertz CT molecular complexity index is 1340. The SMILES string of the molecule is COc1ccc(-n2c(SCc3ccccc3Cl)nc3sc4c(c3c2=O)CCC(C)C4)cc1. The van der Waals surface area contributed by atoms with Crippen LogP contribution in [-0.4, -0.2) is 16.7 Å². The van der Waals surface area contributed by atoms with Crippen molar-refractivity contribution in [3.05, 3.63) is 79.9 Å². The highest BCUT2D eigenvalue weighted by atomic mass is 35.5. The maximum atomic E-state index is 13.9. The first-order valence-corrected chi connectivity index (χ1v) is 12.8. The molecule has 0 saturated heterocycles. The summed E-state index contributed by atoms with van der Waals surface area (Å²) in [6.45, 7) is 2.28. The van der Waals surface area contributed by atoms with Gasteiger partial charge in [-0.2, -0.15) is 0 Å². The minimum Gasteiger partial charge on any atom is -0.497 e. The molecule has 0 aliphatic heterocycles. The summed E-state index contributed by atoms with van der Waals surface area (Å²) in [6.07, 6.45) is 3.09. The maximum absolute atomic E-state index is 13.9. The van der Waals surface area contributed by atoms with Gasteiger partial charge >= 0.3 is 0 Å². The van der Waals surface area contributed by atoms with Crippen LogP contribution in [0.5, 0.6) is 5.75 Å². The molecule has 5 rings (SSSR count). The second-order valence-corrected chi connectivity index (χ2v) is 10.6. The lowest BCUT2D eigenvalue weighted by Crippen LogP contribution is -2.22. The fraction of sp³-hybridized carbons (Fsp3) is 0.280. The third-order valence-corrected chi connectivity index (χ3v) is 8.45. The standard InChI is InChI=1S/C25H23ClN2O2S2/c1-15-7-12-19-21(13-15)32-23-22(19)24(29)28(17-8-10-18(30-2)11-9-17)25(27-23)31-14-16-5-3-4-6-20(16)26/h3-6,8-11,15H,7,12-14H2,1-2H3. The van der Waals surface area contributed by atoms with Crippen molar-refractivity contribution in [3.63, 3.8) is 0 Å². The second kappa shape index (κ2) is 8.93. The van der Waals surface area contributed by atoms with Gasteiger partial charge in [0.1, 0.15) is 10.6 Å². The van der Waals surface area contributed by atoms with Crippen LogP contribution in [0.2, 0.25) is 5.02 Å². The van der Waals surface area contributed by atoms with E-state index in [1.54, 1.807) is 23.0 Å². The molecule has 1 aliphatic carbocycles. The van der Waals surface area contributed by atoms with Crippen LogP contribution in [-0.2, 0) is 18.6 Å². The summed E-state index contributed by atoms with van der Waals surface area (Å²) in [5.41, 5.74) is 3.02. The van der Waals surface area contributed by atoms with Crippen molar-refractivity contribution in [2.24, 2.45) is 5.92 Å². The molecule has 1 atom stereocenters. The van der Waals surface area contributed by atoms with Crippen molar-refractivity contribution in [2.45, 2.75) is 37.1 Å². The Hall–Kier alpha value is -2.28. The minimum atomic E-state index is 0.00822. The van der Waals surface area contributed by atoms with Gasteiger partial charge in [-0.05, 0) is 66.6 Å². The monoisotopic (exact) mass is 482 g/mol. The number of aryl methyl sites for hydroxylation is 1. The molecule has 0 amide bonds. The van der Waals surface area contributed by atoms with Crippen LogP contribution in [0.3, 0.4) is 0 Å². The lowest BCUT2D eigenvalue weighted by molar-refractivity contribution is 0.414. The van der Waals surface area contributed by atoms with Gasteiger partial charge in [0, 0.05) is 15.7 Å². The number of hydrogen-bond acceptors (Lipinski definition) is 5. The number of thioether (sulfide) groups is 1. The average molecular weight is 483 g/mol. The van der Waals surface area contributed by atoms with Crippen LogP contribution in [0, 0.1) is 5.92 Å². The largest absolute Gasteiger partial charge is 0.497 e. The van der Waals surface area contributed by atoms with E-state index >= 15 is 0 Å². The highest BCUT2D eigenvalue weighted by Gasteiger charge is 2.25. The Morgan fingerprint density at radius 1 is 1.22 bits per heavy atom. The molecule has 0 N–H and O–H groups in total. The topological polar surface area (TPSA) is 44.1 Å². The number of aromatic nitrogens is 2. The molecule has 2 aromatic carbocycles. The highest BCUT2D eigenvalue weighted by Crippen LogP contribution is 2.37. The molecular formula is C25H23ClN2O2S2. The van der Waals surface area contributed by atoms with E-state index in [9.17, 15) is 4.79 Å². The number of methoxy groups -OCH3 is 1. The number of fused-ring (bicyclic) bond motifs is 3. The van der Waals surface area contributed by atoms with E-state index in [0.29, 0.717) is 16.8 Å². The first-order valence-electron chi connectivity index (χ1n) is 10.6. The van der Waals surface area contributed by atoms with Crippen LogP contribution < -0.4 is 10.3 Å². The molecular weight excluding hydrogens is 460 g/mol. The van der Waals surface area contributed by atoms with E-state index in [1.165, 1.54) is 22.2 Å². The van der Waals surface area contributed by atoms with E-state index in [-0.39, 0.29) is 5.56 Å². The lowest BCUT2D eigenvalue weighted by atomic mass is 9.89. The zero-order valence-electron chi connectivity index (χ0n) is 17.9. The molecule has 4 aromatic rings. The molecule has 1 unspecified atom stereocenters. The number of rotatable bonds is 5. The smallest absolute Gasteiger partial charge is 0.267 e. The van der Waals surface area contributed by atoms with E-state index in [1.807, 2.05) is 48.5 Å². The lowest BCUT2D eigenvalue weighted by Gasteiger charge is -2.18. The van der Waals surface area contributed by atoms with Crippen LogP contribution in [0.25, 0.3) is 15.9 Å². The normalized spacial score (nSPS) is 15.7. The Balaban J connectivity index is 1.66. The van der Waals surface area contributed by atoms with Crippen molar-refractivity contribution in [2.75, 3.05) is 7.11 Å². The molecule has 164 valence electrons. The summed E-state index contributed by atoms with van der Waals surface area (Å²) in [5.74, 6) is 2.03. The zero-order valence-corrected chi connectivity index (χ0v) is 20.3. The number of halogens is 1. The average Bonchev–Trinajstić information content (AvgIpc) is 3.16. The summed E-state index contributed by atoms with van der Waals surface area (Å²) in [6, 6.07) is 15.4. The number of benzene rings is 2. The third-order valence-electron chi connectivity index (χ3n) is 5.94. The van der Waals surface area contributed by atoms with Crippen molar-refractivity contribution in [1.29, 1.82) is 0 Å². The van der Waals surface area contributed by atoms with Crippen molar-refractivity contribution in [1.82, 2.24) is 9.55 Å². The molecule has 4 nitrogen and oxygen atoms in total. The molecule has 0 fully saturated rings. The molecule has 7 heteroatoms. The predicted molar refractivity (Wildman–Crippen MR) is 134 cm³/mol. The van der Waals surface area contributed by atoms with Gasteiger partial charge in [0.2, 0.25) is 0 Å². The number of ether oxygens (including phenoxy) is 1. The van der Waals surface area contributed by atoms with Crippen molar-refractivity contribution < 1.29 is 4.74 Å². The van der Waals surface area contributed by atoms with Gasteiger partial charge in [0.25, 0.3) is 5.56 Å². The Morgan fingerprint density at radius 2 is 2.00 bits per heavy atom. The molecule has 2 aromatic heterocycles. The van der Waals surface area contributed by atoms with Gasteiger partial charge in [-0.1, -0.05) is 48.5 Å². The summed E-state index contributed by atoms with van der Waals surface area (Å²) >= 11 is 9.60. The summed E-state index contributed by atoms with van der Waals surface area (Å²) < 4.78 is 7.05. The van der Waals surface area contributed by atoms with Gasteiger partial charge in [-0.15, -0.1) is 11.3 Å². The first kappa shape index (κ1) is 21.6. The van der Waals surface area contributed by atoms with E-state index in [4.69, 9.17) is 21.3 Å². The first-order chi connectivity index (χ1) is 15.5. The molecule has 0 saturated carbocycles. The fourth-order valence-electron chi connectivity index (χ4n) is 4.18. The Kier molecular flexibility index (Phi) is 6.01. The third kappa shape index (κ3) is 3.96. The van der Waals surface area contributed by atoms with E-state index < -0.39 is 0 Å². The molecule has 0 bridgehead atoms. The number of hydrogen-bond donors (Lipinski definition) is 0. The summed E-state index contributed by atoms with van der Waals surface area (Å²) in [4.78, 5) is 21.0. The minimum absolute atomic E-state index is 0.00822. The number of thiophene rings is 1. The number of nitrogens with zero attached hydrogens (tertiary/aromatic N) is 2. The Morgan fingerprint density at radius 3 is 2.75 bits per heavy atom. The van der Waals surface area contributed by atoms with Crippen LogP contribution in [0.4, 0.5) is 0 Å². The van der Waals surface area contributed by atoms with Gasteiger partial charge < -0.3 is 4.74 Å². The zero-order chi connectivity index (χ0) is 22.2. The molecule has 0 radical (unpaired) electrons.